The zero-order valence-electron chi connectivity index (χ0n) is 9.29. The number of rotatable bonds is 7. The first-order valence-electron chi connectivity index (χ1n) is 4.95. The smallest absolute Gasteiger partial charge is 0.107 e. The van der Waals surface area contributed by atoms with Crippen molar-refractivity contribution < 1.29 is 4.52 Å². The predicted molar refractivity (Wildman–Crippen MR) is 61.1 cm³/mol. The molecule has 1 atom stereocenters. The molecule has 1 unspecified atom stereocenters. The van der Waals surface area contributed by atoms with Crippen LogP contribution in [0.3, 0.4) is 0 Å². The van der Waals surface area contributed by atoms with Gasteiger partial charge in [0, 0.05) is 18.7 Å². The lowest BCUT2D eigenvalue weighted by Gasteiger charge is -2.31. The molecule has 0 heterocycles. The molecule has 0 aromatic heterocycles. The van der Waals surface area contributed by atoms with Gasteiger partial charge in [0.05, 0.1) is 6.61 Å². The first-order chi connectivity index (χ1) is 6.17. The van der Waals surface area contributed by atoms with Crippen molar-refractivity contribution in [1.29, 1.82) is 0 Å². The van der Waals surface area contributed by atoms with Crippen molar-refractivity contribution in [2.24, 2.45) is 0 Å². The fourth-order valence-electron chi connectivity index (χ4n) is 1.19. The highest BCUT2D eigenvalue weighted by molar-refractivity contribution is 7.50. The SMILES string of the molecule is C=CCOP(C(C)C)N(CC)CC. The zero-order valence-corrected chi connectivity index (χ0v) is 10.2. The molecule has 3 heteroatoms. The van der Waals surface area contributed by atoms with Gasteiger partial charge in [-0.1, -0.05) is 33.8 Å². The summed E-state index contributed by atoms with van der Waals surface area (Å²) in [7, 11) is -0.427. The molecule has 0 saturated carbocycles. The van der Waals surface area contributed by atoms with Gasteiger partial charge in [0.1, 0.15) is 8.30 Å². The normalized spacial score (nSPS) is 13.7. The average molecular weight is 203 g/mol. The lowest BCUT2D eigenvalue weighted by Crippen LogP contribution is -2.22. The molecule has 0 saturated heterocycles. The maximum atomic E-state index is 5.77. The molecule has 0 aliphatic rings. The summed E-state index contributed by atoms with van der Waals surface area (Å²) in [4.78, 5) is 0. The summed E-state index contributed by atoms with van der Waals surface area (Å²) in [6.45, 7) is 15.3. The fourth-order valence-corrected chi connectivity index (χ4v) is 3.12. The van der Waals surface area contributed by atoms with E-state index in [0.29, 0.717) is 12.3 Å². The molecule has 0 aliphatic heterocycles. The highest BCUT2D eigenvalue weighted by Gasteiger charge is 2.19. The molecular weight excluding hydrogens is 181 g/mol. The molecule has 0 aliphatic carbocycles. The molecule has 0 aromatic rings. The molecule has 0 rings (SSSR count). The van der Waals surface area contributed by atoms with Crippen molar-refractivity contribution in [2.45, 2.75) is 33.4 Å². The van der Waals surface area contributed by atoms with E-state index in [2.05, 4.69) is 38.9 Å². The Morgan fingerprint density at radius 3 is 2.23 bits per heavy atom. The van der Waals surface area contributed by atoms with Crippen LogP contribution in [0.4, 0.5) is 0 Å². The standard InChI is InChI=1S/C10H22NOP/c1-6-9-12-13(10(4)5)11(7-2)8-3/h6,10H,1,7-9H2,2-5H3. The van der Waals surface area contributed by atoms with E-state index in [1.54, 1.807) is 0 Å². The van der Waals surface area contributed by atoms with Gasteiger partial charge in [0.15, 0.2) is 0 Å². The van der Waals surface area contributed by atoms with Gasteiger partial charge in [-0.05, 0) is 0 Å². The van der Waals surface area contributed by atoms with Gasteiger partial charge >= 0.3 is 0 Å². The maximum Gasteiger partial charge on any atom is 0.107 e. The lowest BCUT2D eigenvalue weighted by atomic mass is 10.6. The Labute approximate surface area is 83.9 Å². The second-order valence-electron chi connectivity index (χ2n) is 3.12. The molecule has 0 N–H and O–H groups in total. The third kappa shape index (κ3) is 4.75. The van der Waals surface area contributed by atoms with Crippen molar-refractivity contribution in [3.05, 3.63) is 12.7 Å². The third-order valence-electron chi connectivity index (χ3n) is 1.78. The van der Waals surface area contributed by atoms with Crippen LogP contribution in [-0.2, 0) is 4.52 Å². The van der Waals surface area contributed by atoms with E-state index in [4.69, 9.17) is 4.52 Å². The van der Waals surface area contributed by atoms with Crippen LogP contribution in [0.25, 0.3) is 0 Å². The molecule has 0 amide bonds. The monoisotopic (exact) mass is 203 g/mol. The van der Waals surface area contributed by atoms with E-state index in [9.17, 15) is 0 Å². The first-order valence-corrected chi connectivity index (χ1v) is 6.23. The minimum Gasteiger partial charge on any atom is -0.339 e. The number of hydrogen-bond acceptors (Lipinski definition) is 2. The molecule has 78 valence electrons. The van der Waals surface area contributed by atoms with E-state index >= 15 is 0 Å². The Bertz CT molecular complexity index is 135. The number of hydrogen-bond donors (Lipinski definition) is 0. The van der Waals surface area contributed by atoms with Crippen LogP contribution in [0.1, 0.15) is 27.7 Å². The minimum absolute atomic E-state index is 0.427. The Kier molecular flexibility index (Phi) is 7.54. The quantitative estimate of drug-likeness (QED) is 0.465. The van der Waals surface area contributed by atoms with Gasteiger partial charge < -0.3 is 4.52 Å². The van der Waals surface area contributed by atoms with Crippen LogP contribution in [0.15, 0.2) is 12.7 Å². The van der Waals surface area contributed by atoms with Crippen molar-refractivity contribution in [2.75, 3.05) is 19.7 Å². The van der Waals surface area contributed by atoms with Gasteiger partial charge in [-0.25, -0.2) is 0 Å². The second-order valence-corrected chi connectivity index (χ2v) is 5.58. The summed E-state index contributed by atoms with van der Waals surface area (Å²) in [6.07, 6.45) is 1.82. The van der Waals surface area contributed by atoms with Gasteiger partial charge in [-0.15, -0.1) is 6.58 Å². The second kappa shape index (κ2) is 7.49. The Balaban J connectivity index is 4.11. The van der Waals surface area contributed by atoms with Crippen LogP contribution in [0.5, 0.6) is 0 Å². The van der Waals surface area contributed by atoms with E-state index in [0.717, 1.165) is 13.1 Å². The van der Waals surface area contributed by atoms with E-state index in [1.165, 1.54) is 0 Å². The lowest BCUT2D eigenvalue weighted by molar-refractivity contribution is 0.341. The third-order valence-corrected chi connectivity index (χ3v) is 4.20. The molecule has 0 radical (unpaired) electrons. The molecule has 0 spiro atoms. The van der Waals surface area contributed by atoms with Gasteiger partial charge in [-0.3, -0.25) is 4.67 Å². The van der Waals surface area contributed by atoms with E-state index < -0.39 is 8.30 Å². The average Bonchev–Trinajstić information content (AvgIpc) is 2.11. The van der Waals surface area contributed by atoms with Crippen molar-refractivity contribution in [3.8, 4) is 0 Å². The summed E-state index contributed by atoms with van der Waals surface area (Å²) in [5, 5.41) is 0. The topological polar surface area (TPSA) is 12.5 Å². The van der Waals surface area contributed by atoms with Crippen molar-refractivity contribution >= 4 is 8.30 Å². The van der Waals surface area contributed by atoms with Gasteiger partial charge in [-0.2, -0.15) is 0 Å². The van der Waals surface area contributed by atoms with Crippen LogP contribution < -0.4 is 0 Å². The summed E-state index contributed by atoms with van der Waals surface area (Å²) >= 11 is 0. The van der Waals surface area contributed by atoms with Gasteiger partial charge in [0.25, 0.3) is 0 Å². The highest BCUT2D eigenvalue weighted by Crippen LogP contribution is 2.45. The molecule has 0 bridgehead atoms. The van der Waals surface area contributed by atoms with Crippen molar-refractivity contribution in [3.63, 3.8) is 0 Å². The molecule has 2 nitrogen and oxygen atoms in total. The minimum atomic E-state index is -0.427. The Morgan fingerprint density at radius 2 is 1.92 bits per heavy atom. The first kappa shape index (κ1) is 13.1. The molecule has 0 fully saturated rings. The molecular formula is C10H22NOP. The molecule has 13 heavy (non-hydrogen) atoms. The highest BCUT2D eigenvalue weighted by atomic mass is 31.2. The Hall–Kier alpha value is 0.0900. The Morgan fingerprint density at radius 1 is 1.38 bits per heavy atom. The van der Waals surface area contributed by atoms with Crippen LogP contribution in [0.2, 0.25) is 0 Å². The maximum absolute atomic E-state index is 5.77. The zero-order chi connectivity index (χ0) is 10.3. The summed E-state index contributed by atoms with van der Waals surface area (Å²) in [5.41, 5.74) is 0.592. The predicted octanol–water partition coefficient (Wildman–Crippen LogP) is 3.25. The summed E-state index contributed by atoms with van der Waals surface area (Å²) in [6, 6.07) is 0. The van der Waals surface area contributed by atoms with Crippen LogP contribution in [0, 0.1) is 0 Å². The largest absolute Gasteiger partial charge is 0.339 e. The summed E-state index contributed by atoms with van der Waals surface area (Å²) in [5.74, 6) is 0. The van der Waals surface area contributed by atoms with Crippen LogP contribution in [-0.4, -0.2) is 30.0 Å². The van der Waals surface area contributed by atoms with E-state index in [-0.39, 0.29) is 0 Å². The number of nitrogens with zero attached hydrogens (tertiary/aromatic N) is 1. The molecule has 0 aromatic carbocycles. The summed E-state index contributed by atoms with van der Waals surface area (Å²) < 4.78 is 8.16. The van der Waals surface area contributed by atoms with Crippen molar-refractivity contribution in [1.82, 2.24) is 4.67 Å². The van der Waals surface area contributed by atoms with E-state index in [1.807, 2.05) is 6.08 Å². The van der Waals surface area contributed by atoms with Gasteiger partial charge in [0.2, 0.25) is 0 Å². The fraction of sp³-hybridized carbons (Fsp3) is 0.800. The van der Waals surface area contributed by atoms with Crippen LogP contribution >= 0.6 is 8.30 Å².